The number of anilines is 1. The molecule has 0 aliphatic carbocycles. The summed E-state index contributed by atoms with van der Waals surface area (Å²) in [5, 5.41) is 0. The molecule has 0 saturated carbocycles. The van der Waals surface area contributed by atoms with Gasteiger partial charge in [0.05, 0.1) is 5.69 Å². The first-order chi connectivity index (χ1) is 12.8. The van der Waals surface area contributed by atoms with Crippen LogP contribution in [0, 0.1) is 0 Å². The SMILES string of the molecule is CCN(CC)c1ccc(-c2cn3cc(-c4ccccc4)ccc3n2)cc1. The van der Waals surface area contributed by atoms with Crippen LogP contribution in [0.1, 0.15) is 13.8 Å². The molecule has 2 aromatic heterocycles. The van der Waals surface area contributed by atoms with Crippen LogP contribution in [-0.2, 0) is 0 Å². The summed E-state index contributed by atoms with van der Waals surface area (Å²) in [5.41, 5.74) is 6.78. The first-order valence-corrected chi connectivity index (χ1v) is 9.18. The van der Waals surface area contributed by atoms with Gasteiger partial charge in [-0.25, -0.2) is 4.98 Å². The van der Waals surface area contributed by atoms with E-state index in [2.05, 4.69) is 96.2 Å². The molecule has 0 radical (unpaired) electrons. The fraction of sp³-hybridized carbons (Fsp3) is 0.174. The molecule has 2 heterocycles. The van der Waals surface area contributed by atoms with Crippen molar-refractivity contribution in [2.75, 3.05) is 18.0 Å². The van der Waals surface area contributed by atoms with Crippen LogP contribution in [-0.4, -0.2) is 22.5 Å². The Kier molecular flexibility index (Phi) is 4.44. The second-order valence-electron chi connectivity index (χ2n) is 6.39. The Morgan fingerprint density at radius 1 is 0.731 bits per heavy atom. The van der Waals surface area contributed by atoms with Crippen LogP contribution in [0.5, 0.6) is 0 Å². The summed E-state index contributed by atoms with van der Waals surface area (Å²) in [6.07, 6.45) is 4.25. The number of rotatable bonds is 5. The molecule has 0 atom stereocenters. The summed E-state index contributed by atoms with van der Waals surface area (Å²) in [5.74, 6) is 0. The molecule has 0 aliphatic rings. The van der Waals surface area contributed by atoms with Gasteiger partial charge in [-0.15, -0.1) is 0 Å². The number of fused-ring (bicyclic) bond motifs is 1. The van der Waals surface area contributed by atoms with Crippen molar-refractivity contribution < 1.29 is 0 Å². The van der Waals surface area contributed by atoms with Gasteiger partial charge in [-0.1, -0.05) is 42.5 Å². The molecule has 4 rings (SSSR count). The summed E-state index contributed by atoms with van der Waals surface area (Å²) < 4.78 is 2.11. The number of imidazole rings is 1. The standard InChI is InChI=1S/C23H23N3/c1-3-25(4-2)21-13-10-19(11-14-21)22-17-26-16-20(12-15-23(26)24-22)18-8-6-5-7-9-18/h5-17H,3-4H2,1-2H3. The zero-order valence-corrected chi connectivity index (χ0v) is 15.3. The van der Waals surface area contributed by atoms with Crippen molar-refractivity contribution >= 4 is 11.3 Å². The minimum absolute atomic E-state index is 0.965. The van der Waals surface area contributed by atoms with Gasteiger partial charge in [-0.3, -0.25) is 0 Å². The van der Waals surface area contributed by atoms with E-state index in [1.807, 2.05) is 6.07 Å². The lowest BCUT2D eigenvalue weighted by molar-refractivity contribution is 0.866. The third-order valence-electron chi connectivity index (χ3n) is 4.85. The van der Waals surface area contributed by atoms with Crippen molar-refractivity contribution in [3.63, 3.8) is 0 Å². The number of aromatic nitrogens is 2. The van der Waals surface area contributed by atoms with Crippen molar-refractivity contribution in [2.24, 2.45) is 0 Å². The highest BCUT2D eigenvalue weighted by atomic mass is 15.1. The van der Waals surface area contributed by atoms with Crippen molar-refractivity contribution in [1.82, 2.24) is 9.38 Å². The van der Waals surface area contributed by atoms with Gasteiger partial charge in [0.2, 0.25) is 0 Å². The highest BCUT2D eigenvalue weighted by Crippen LogP contribution is 2.25. The number of pyridine rings is 1. The highest BCUT2D eigenvalue weighted by molar-refractivity contribution is 5.68. The minimum Gasteiger partial charge on any atom is -0.372 e. The molecule has 130 valence electrons. The maximum absolute atomic E-state index is 4.78. The molecule has 3 heteroatoms. The van der Waals surface area contributed by atoms with E-state index in [0.29, 0.717) is 0 Å². The second kappa shape index (κ2) is 7.04. The normalized spacial score (nSPS) is 11.0. The Labute approximate surface area is 154 Å². The lowest BCUT2D eigenvalue weighted by atomic mass is 10.1. The van der Waals surface area contributed by atoms with Crippen molar-refractivity contribution in [3.8, 4) is 22.4 Å². The monoisotopic (exact) mass is 341 g/mol. The Balaban J connectivity index is 1.67. The topological polar surface area (TPSA) is 20.5 Å². The predicted molar refractivity (Wildman–Crippen MR) is 110 cm³/mol. The zero-order valence-electron chi connectivity index (χ0n) is 15.3. The number of nitrogens with zero attached hydrogens (tertiary/aromatic N) is 3. The van der Waals surface area contributed by atoms with Gasteiger partial charge in [-0.2, -0.15) is 0 Å². The maximum atomic E-state index is 4.78. The van der Waals surface area contributed by atoms with E-state index < -0.39 is 0 Å². The second-order valence-corrected chi connectivity index (χ2v) is 6.39. The van der Waals surface area contributed by atoms with Crippen molar-refractivity contribution in [2.45, 2.75) is 13.8 Å². The molecular formula is C23H23N3. The lowest BCUT2D eigenvalue weighted by Crippen LogP contribution is -2.21. The Morgan fingerprint density at radius 3 is 2.12 bits per heavy atom. The Morgan fingerprint density at radius 2 is 1.42 bits per heavy atom. The van der Waals surface area contributed by atoms with E-state index in [0.717, 1.165) is 30.0 Å². The summed E-state index contributed by atoms with van der Waals surface area (Å²) >= 11 is 0. The van der Waals surface area contributed by atoms with E-state index in [1.54, 1.807) is 0 Å². The molecule has 0 spiro atoms. The molecule has 4 aromatic rings. The van der Waals surface area contributed by atoms with E-state index >= 15 is 0 Å². The molecule has 0 saturated heterocycles. The van der Waals surface area contributed by atoms with E-state index in [-0.39, 0.29) is 0 Å². The third kappa shape index (κ3) is 3.08. The molecule has 26 heavy (non-hydrogen) atoms. The van der Waals surface area contributed by atoms with Crippen LogP contribution >= 0.6 is 0 Å². The molecule has 0 amide bonds. The lowest BCUT2D eigenvalue weighted by Gasteiger charge is -2.20. The molecule has 2 aromatic carbocycles. The van der Waals surface area contributed by atoms with E-state index in [9.17, 15) is 0 Å². The zero-order chi connectivity index (χ0) is 17.9. The molecule has 0 bridgehead atoms. The predicted octanol–water partition coefficient (Wildman–Crippen LogP) is 5.51. The summed E-state index contributed by atoms with van der Waals surface area (Å²) in [6.45, 7) is 6.41. The maximum Gasteiger partial charge on any atom is 0.137 e. The smallest absolute Gasteiger partial charge is 0.137 e. The summed E-state index contributed by atoms with van der Waals surface area (Å²) in [4.78, 5) is 7.13. The number of benzene rings is 2. The molecule has 0 unspecified atom stereocenters. The van der Waals surface area contributed by atoms with Crippen LogP contribution in [0.3, 0.4) is 0 Å². The van der Waals surface area contributed by atoms with Crippen LogP contribution in [0.25, 0.3) is 28.0 Å². The molecule has 0 aliphatic heterocycles. The Hall–Kier alpha value is -3.07. The number of hydrogen-bond acceptors (Lipinski definition) is 2. The highest BCUT2D eigenvalue weighted by Gasteiger charge is 2.07. The van der Waals surface area contributed by atoms with Gasteiger partial charge in [0, 0.05) is 36.7 Å². The minimum atomic E-state index is 0.965. The van der Waals surface area contributed by atoms with Gasteiger partial charge in [0.25, 0.3) is 0 Å². The largest absolute Gasteiger partial charge is 0.372 e. The quantitative estimate of drug-likeness (QED) is 0.477. The summed E-state index contributed by atoms with van der Waals surface area (Å²) in [7, 11) is 0. The van der Waals surface area contributed by atoms with Crippen LogP contribution in [0.2, 0.25) is 0 Å². The average Bonchev–Trinajstić information content (AvgIpc) is 3.13. The van der Waals surface area contributed by atoms with Gasteiger partial charge >= 0.3 is 0 Å². The van der Waals surface area contributed by atoms with Gasteiger partial charge in [-0.05, 0) is 49.2 Å². The van der Waals surface area contributed by atoms with Gasteiger partial charge < -0.3 is 9.30 Å². The van der Waals surface area contributed by atoms with Crippen molar-refractivity contribution in [1.29, 1.82) is 0 Å². The average molecular weight is 341 g/mol. The molecule has 0 N–H and O–H groups in total. The fourth-order valence-electron chi connectivity index (χ4n) is 3.36. The Bertz CT molecular complexity index is 997. The molecule has 0 fully saturated rings. The fourth-order valence-corrected chi connectivity index (χ4v) is 3.36. The molecular weight excluding hydrogens is 318 g/mol. The van der Waals surface area contributed by atoms with Crippen LogP contribution < -0.4 is 4.90 Å². The first-order valence-electron chi connectivity index (χ1n) is 9.18. The first kappa shape index (κ1) is 16.4. The van der Waals surface area contributed by atoms with Crippen LogP contribution in [0.15, 0.2) is 79.1 Å². The van der Waals surface area contributed by atoms with Crippen molar-refractivity contribution in [3.05, 3.63) is 79.1 Å². The summed E-state index contributed by atoms with van der Waals surface area (Å²) in [6, 6.07) is 23.3. The van der Waals surface area contributed by atoms with Crippen LogP contribution in [0.4, 0.5) is 5.69 Å². The third-order valence-corrected chi connectivity index (χ3v) is 4.85. The number of hydrogen-bond donors (Lipinski definition) is 0. The van der Waals surface area contributed by atoms with E-state index in [4.69, 9.17) is 4.98 Å². The van der Waals surface area contributed by atoms with Gasteiger partial charge in [0.15, 0.2) is 0 Å². The van der Waals surface area contributed by atoms with E-state index in [1.165, 1.54) is 16.8 Å². The van der Waals surface area contributed by atoms with Gasteiger partial charge in [0.1, 0.15) is 5.65 Å². The molecule has 3 nitrogen and oxygen atoms in total.